The van der Waals surface area contributed by atoms with Gasteiger partial charge in [-0.1, -0.05) is 40.6 Å². The van der Waals surface area contributed by atoms with Crippen LogP contribution in [0.3, 0.4) is 0 Å². The lowest BCUT2D eigenvalue weighted by Gasteiger charge is -2.26. The molecule has 0 saturated carbocycles. The number of fused-ring (bicyclic) bond motifs is 1. The van der Waals surface area contributed by atoms with Crippen LogP contribution >= 0.6 is 34.5 Å². The van der Waals surface area contributed by atoms with Crippen molar-refractivity contribution in [3.63, 3.8) is 0 Å². The first-order valence-corrected chi connectivity index (χ1v) is 11.6. The molecule has 0 unspecified atom stereocenters. The molecular weight excluding hydrogens is 478 g/mol. The number of nitrogens with one attached hydrogen (secondary N) is 2. The Morgan fingerprint density at radius 2 is 2.00 bits per heavy atom. The van der Waals surface area contributed by atoms with Crippen LogP contribution < -0.4 is 15.4 Å². The first kappa shape index (κ1) is 23.0. The second kappa shape index (κ2) is 10.6. The highest BCUT2D eigenvalue weighted by molar-refractivity contribution is 7.22. The zero-order valence-corrected chi connectivity index (χ0v) is 19.3. The lowest BCUT2D eigenvalue weighted by atomic mass is 10.2. The number of morpholine rings is 1. The first-order chi connectivity index (χ1) is 15.5. The number of thiazole rings is 1. The van der Waals surface area contributed by atoms with E-state index in [1.165, 1.54) is 17.4 Å². The average Bonchev–Trinajstić information content (AvgIpc) is 3.14. The summed E-state index contributed by atoms with van der Waals surface area (Å²) in [5.74, 6) is -0.508. The molecule has 0 bridgehead atoms. The predicted octanol–water partition coefficient (Wildman–Crippen LogP) is 4.77. The molecule has 1 aliphatic rings. The largest absolute Gasteiger partial charge is 0.486 e. The van der Waals surface area contributed by atoms with Crippen LogP contribution in [-0.2, 0) is 11.3 Å². The van der Waals surface area contributed by atoms with E-state index in [1.54, 1.807) is 24.3 Å². The van der Waals surface area contributed by atoms with Crippen molar-refractivity contribution < 1.29 is 18.7 Å². The predicted molar refractivity (Wildman–Crippen MR) is 125 cm³/mol. The average molecular weight is 499 g/mol. The van der Waals surface area contributed by atoms with Crippen LogP contribution in [0.1, 0.15) is 5.56 Å². The number of ether oxygens (including phenoxy) is 2. The Labute approximate surface area is 198 Å². The molecule has 7 nitrogen and oxygen atoms in total. The zero-order valence-electron chi connectivity index (χ0n) is 17.0. The van der Waals surface area contributed by atoms with Gasteiger partial charge in [-0.25, -0.2) is 14.2 Å². The molecule has 1 aliphatic heterocycles. The van der Waals surface area contributed by atoms with Crippen LogP contribution in [0, 0.1) is 5.82 Å². The van der Waals surface area contributed by atoms with Crippen molar-refractivity contribution in [2.75, 3.05) is 44.7 Å². The summed E-state index contributed by atoms with van der Waals surface area (Å²) in [6, 6.07) is 7.58. The molecule has 1 fully saturated rings. The van der Waals surface area contributed by atoms with Crippen LogP contribution in [0.15, 0.2) is 30.3 Å². The first-order valence-electron chi connectivity index (χ1n) is 10.0. The minimum atomic E-state index is -0.563. The molecule has 2 amide bonds. The number of hydrogen-bond donors (Lipinski definition) is 2. The summed E-state index contributed by atoms with van der Waals surface area (Å²) < 4.78 is 26.1. The van der Waals surface area contributed by atoms with Gasteiger partial charge in [-0.2, -0.15) is 0 Å². The van der Waals surface area contributed by atoms with Crippen LogP contribution in [0.25, 0.3) is 10.2 Å². The molecule has 170 valence electrons. The fourth-order valence-corrected chi connectivity index (χ4v) is 4.59. The summed E-state index contributed by atoms with van der Waals surface area (Å²) in [5, 5.41) is 6.77. The van der Waals surface area contributed by atoms with Crippen LogP contribution in [0.5, 0.6) is 5.75 Å². The molecule has 0 aliphatic carbocycles. The van der Waals surface area contributed by atoms with Crippen molar-refractivity contribution in [2.45, 2.75) is 6.61 Å². The minimum Gasteiger partial charge on any atom is -0.486 e. The number of hydrogen-bond acceptors (Lipinski definition) is 6. The number of carbonyl (C=O) groups is 1. The Hall–Kier alpha value is -2.17. The van der Waals surface area contributed by atoms with Crippen molar-refractivity contribution in [3.05, 3.63) is 51.8 Å². The summed E-state index contributed by atoms with van der Waals surface area (Å²) in [6.07, 6.45) is 0. The molecule has 32 heavy (non-hydrogen) atoms. The lowest BCUT2D eigenvalue weighted by molar-refractivity contribution is 0.0388. The maximum absolute atomic E-state index is 14.5. The van der Waals surface area contributed by atoms with Gasteiger partial charge in [0.15, 0.2) is 16.7 Å². The number of nitrogens with zero attached hydrogens (tertiary/aromatic N) is 2. The zero-order chi connectivity index (χ0) is 22.5. The quantitative estimate of drug-likeness (QED) is 0.490. The third-order valence-corrected chi connectivity index (χ3v) is 6.56. The topological polar surface area (TPSA) is 75.7 Å². The second-order valence-corrected chi connectivity index (χ2v) is 8.94. The van der Waals surface area contributed by atoms with E-state index in [0.717, 1.165) is 19.6 Å². The molecule has 2 N–H and O–H groups in total. The maximum Gasteiger partial charge on any atom is 0.321 e. The third-order valence-electron chi connectivity index (χ3n) is 4.91. The highest BCUT2D eigenvalue weighted by Crippen LogP contribution is 2.33. The fourth-order valence-electron chi connectivity index (χ4n) is 3.21. The van der Waals surface area contributed by atoms with E-state index in [4.69, 9.17) is 32.7 Å². The SMILES string of the molecule is O=C(NCCN1CCOCC1)Nc1nc2cc(F)c(OCc3c(Cl)cccc3Cl)cc2s1. The molecule has 4 rings (SSSR count). The number of amides is 2. The number of halogens is 3. The Morgan fingerprint density at radius 1 is 1.25 bits per heavy atom. The van der Waals surface area contributed by atoms with Gasteiger partial charge in [0.2, 0.25) is 0 Å². The monoisotopic (exact) mass is 498 g/mol. The number of anilines is 1. The molecule has 1 aromatic heterocycles. The summed E-state index contributed by atoms with van der Waals surface area (Å²) in [5.41, 5.74) is 1.01. The molecule has 1 saturated heterocycles. The van der Waals surface area contributed by atoms with Gasteiger partial charge in [-0.05, 0) is 12.1 Å². The third kappa shape index (κ3) is 5.79. The minimum absolute atomic E-state index is 0.0242. The molecule has 0 radical (unpaired) electrons. The Kier molecular flexibility index (Phi) is 7.64. The van der Waals surface area contributed by atoms with Gasteiger partial charge in [0.05, 0.1) is 23.4 Å². The standard InChI is InChI=1S/C21H21Cl2FN4O3S/c22-14-2-1-3-15(23)13(14)12-31-18-11-19-17(10-16(18)24)26-21(32-19)27-20(29)25-4-5-28-6-8-30-9-7-28/h1-3,10-11H,4-9,12H2,(H2,25,26,27,29). The van der Waals surface area contributed by atoms with E-state index in [-0.39, 0.29) is 18.4 Å². The van der Waals surface area contributed by atoms with Crippen molar-refractivity contribution in [1.29, 1.82) is 0 Å². The van der Waals surface area contributed by atoms with Crippen molar-refractivity contribution in [3.8, 4) is 5.75 Å². The van der Waals surface area contributed by atoms with Gasteiger partial charge in [0.25, 0.3) is 0 Å². The highest BCUT2D eigenvalue weighted by Gasteiger charge is 2.15. The summed E-state index contributed by atoms with van der Waals surface area (Å²) in [7, 11) is 0. The van der Waals surface area contributed by atoms with Crippen LogP contribution in [0.2, 0.25) is 10.0 Å². The number of aromatic nitrogens is 1. The van der Waals surface area contributed by atoms with Crippen molar-refractivity contribution >= 4 is 55.9 Å². The van der Waals surface area contributed by atoms with Gasteiger partial charge in [0.1, 0.15) is 6.61 Å². The van der Waals surface area contributed by atoms with Gasteiger partial charge < -0.3 is 14.8 Å². The summed E-state index contributed by atoms with van der Waals surface area (Å²) in [4.78, 5) is 18.7. The Bertz CT molecular complexity index is 1090. The fraction of sp³-hybridized carbons (Fsp3) is 0.333. The van der Waals surface area contributed by atoms with Crippen molar-refractivity contribution in [1.82, 2.24) is 15.2 Å². The summed E-state index contributed by atoms with van der Waals surface area (Å²) in [6.45, 7) is 4.43. The van der Waals surface area contributed by atoms with E-state index < -0.39 is 5.82 Å². The lowest BCUT2D eigenvalue weighted by Crippen LogP contribution is -2.42. The molecule has 2 aromatic carbocycles. The molecular formula is C21H21Cl2FN4O3S. The molecule has 2 heterocycles. The van der Waals surface area contributed by atoms with Gasteiger partial charge in [-0.15, -0.1) is 0 Å². The number of carbonyl (C=O) groups excluding carboxylic acids is 1. The van der Waals surface area contributed by atoms with E-state index in [1.807, 2.05) is 0 Å². The van der Waals surface area contributed by atoms with Crippen LogP contribution in [0.4, 0.5) is 14.3 Å². The van der Waals surface area contributed by atoms with E-state index in [2.05, 4.69) is 20.5 Å². The van der Waals surface area contributed by atoms with Crippen LogP contribution in [-0.4, -0.2) is 55.3 Å². The Morgan fingerprint density at radius 3 is 2.75 bits per heavy atom. The van der Waals surface area contributed by atoms with Gasteiger partial charge >= 0.3 is 6.03 Å². The second-order valence-electron chi connectivity index (χ2n) is 7.09. The maximum atomic E-state index is 14.5. The molecule has 11 heteroatoms. The highest BCUT2D eigenvalue weighted by atomic mass is 35.5. The normalized spacial score (nSPS) is 14.5. The smallest absolute Gasteiger partial charge is 0.321 e. The number of rotatable bonds is 7. The van der Waals surface area contributed by atoms with E-state index in [9.17, 15) is 9.18 Å². The number of urea groups is 1. The van der Waals surface area contributed by atoms with Crippen molar-refractivity contribution in [2.24, 2.45) is 0 Å². The molecule has 3 aromatic rings. The molecule has 0 atom stereocenters. The van der Waals surface area contributed by atoms with Gasteiger partial charge in [0, 0.05) is 53.9 Å². The molecule has 0 spiro atoms. The van der Waals surface area contributed by atoms with E-state index in [0.29, 0.717) is 50.7 Å². The Balaban J connectivity index is 1.35. The van der Waals surface area contributed by atoms with E-state index >= 15 is 0 Å². The van der Waals surface area contributed by atoms with Gasteiger partial charge in [-0.3, -0.25) is 10.2 Å². The summed E-state index contributed by atoms with van der Waals surface area (Å²) >= 11 is 13.5. The number of benzene rings is 2.